The van der Waals surface area contributed by atoms with Gasteiger partial charge in [0.15, 0.2) is 11.5 Å². The average Bonchev–Trinajstić information content (AvgIpc) is 2.89. The molecule has 3 rings (SSSR count). The van der Waals surface area contributed by atoms with Gasteiger partial charge in [-0.2, -0.15) is 5.26 Å². The fraction of sp³-hybridized carbons (Fsp3) is 0.529. The van der Waals surface area contributed by atoms with Crippen molar-refractivity contribution in [3.8, 4) is 17.6 Å². The molecule has 0 N–H and O–H groups in total. The third-order valence-electron chi connectivity index (χ3n) is 4.24. The second kappa shape index (κ2) is 6.27. The summed E-state index contributed by atoms with van der Waals surface area (Å²) in [6.07, 6.45) is 2.56. The second-order valence-corrected chi connectivity index (χ2v) is 5.53. The molecule has 0 spiro atoms. The first-order chi connectivity index (χ1) is 10.8. The van der Waals surface area contributed by atoms with Crippen LogP contribution in [0.4, 0.5) is 0 Å². The summed E-state index contributed by atoms with van der Waals surface area (Å²) in [7, 11) is 0. The fourth-order valence-electron chi connectivity index (χ4n) is 3.04. The molecular formula is C17H21N3O2. The Balaban J connectivity index is 2.15. The van der Waals surface area contributed by atoms with Crippen LogP contribution in [0, 0.1) is 11.3 Å². The highest BCUT2D eigenvalue weighted by molar-refractivity contribution is 5.81. The normalized spacial score (nSPS) is 13.5. The highest BCUT2D eigenvalue weighted by atomic mass is 16.6. The molecule has 0 saturated carbocycles. The van der Waals surface area contributed by atoms with Crippen molar-refractivity contribution in [1.29, 1.82) is 5.26 Å². The first kappa shape index (κ1) is 14.7. The molecule has 0 bridgehead atoms. The van der Waals surface area contributed by atoms with Crippen molar-refractivity contribution in [3.05, 3.63) is 18.0 Å². The molecule has 0 aliphatic carbocycles. The Kier molecular flexibility index (Phi) is 4.19. The topological polar surface area (TPSA) is 60.1 Å². The number of nitriles is 1. The van der Waals surface area contributed by atoms with Crippen LogP contribution in [-0.4, -0.2) is 22.8 Å². The summed E-state index contributed by atoms with van der Waals surface area (Å²) < 4.78 is 13.5. The number of aryl methyl sites for hydroxylation is 1. The number of nitrogens with zero attached hydrogens (tertiary/aromatic N) is 3. The van der Waals surface area contributed by atoms with Crippen LogP contribution >= 0.6 is 0 Å². The van der Waals surface area contributed by atoms with Gasteiger partial charge in [-0.05, 0) is 12.8 Å². The summed E-state index contributed by atoms with van der Waals surface area (Å²) in [6.45, 7) is 6.18. The highest BCUT2D eigenvalue weighted by Crippen LogP contribution is 2.36. The first-order valence-electron chi connectivity index (χ1n) is 7.95. The number of hydrogen-bond acceptors (Lipinski definition) is 4. The molecule has 2 heterocycles. The molecule has 0 radical (unpaired) electrons. The smallest absolute Gasteiger partial charge is 0.163 e. The predicted molar refractivity (Wildman–Crippen MR) is 84.3 cm³/mol. The van der Waals surface area contributed by atoms with Crippen molar-refractivity contribution in [2.75, 3.05) is 13.2 Å². The Morgan fingerprint density at radius 1 is 1.23 bits per heavy atom. The van der Waals surface area contributed by atoms with Crippen LogP contribution in [0.15, 0.2) is 12.1 Å². The van der Waals surface area contributed by atoms with Gasteiger partial charge in [0.1, 0.15) is 19.0 Å². The molecule has 2 aromatic rings. The van der Waals surface area contributed by atoms with Crippen LogP contribution in [0.5, 0.6) is 11.5 Å². The van der Waals surface area contributed by atoms with E-state index in [4.69, 9.17) is 19.7 Å². The standard InChI is InChI=1S/C17H21N3O2/c1-3-12(4-2)17-19-13-10-15-16(22-9-8-21-15)11-14(13)20(17)7-5-6-18/h10-12H,3-5,7-9H2,1-2H3. The van der Waals surface area contributed by atoms with Crippen molar-refractivity contribution in [2.45, 2.75) is 45.6 Å². The third kappa shape index (κ3) is 2.50. The SMILES string of the molecule is CCC(CC)c1nc2cc3c(cc2n1CCC#N)OCCO3. The van der Waals surface area contributed by atoms with Gasteiger partial charge < -0.3 is 14.0 Å². The van der Waals surface area contributed by atoms with E-state index in [1.807, 2.05) is 12.1 Å². The molecule has 5 heteroatoms. The number of aromatic nitrogens is 2. The Labute approximate surface area is 130 Å². The lowest BCUT2D eigenvalue weighted by atomic mass is 10.0. The van der Waals surface area contributed by atoms with Gasteiger partial charge in [0.05, 0.1) is 23.5 Å². The average molecular weight is 299 g/mol. The van der Waals surface area contributed by atoms with Gasteiger partial charge in [-0.25, -0.2) is 4.98 Å². The minimum atomic E-state index is 0.407. The lowest BCUT2D eigenvalue weighted by Crippen LogP contribution is -2.15. The van der Waals surface area contributed by atoms with Crippen molar-refractivity contribution in [3.63, 3.8) is 0 Å². The van der Waals surface area contributed by atoms with Gasteiger partial charge in [-0.3, -0.25) is 0 Å². The molecule has 1 aliphatic heterocycles. The molecule has 1 aromatic carbocycles. The number of hydrogen-bond donors (Lipinski definition) is 0. The zero-order valence-electron chi connectivity index (χ0n) is 13.1. The number of imidazole rings is 1. The van der Waals surface area contributed by atoms with Crippen molar-refractivity contribution in [2.24, 2.45) is 0 Å². The maximum Gasteiger partial charge on any atom is 0.163 e. The predicted octanol–water partition coefficient (Wildman–Crippen LogP) is 3.62. The van der Waals surface area contributed by atoms with Gasteiger partial charge in [0.25, 0.3) is 0 Å². The van der Waals surface area contributed by atoms with Crippen LogP contribution in [-0.2, 0) is 6.54 Å². The van der Waals surface area contributed by atoms with Crippen LogP contribution in [0.1, 0.15) is 44.9 Å². The molecule has 0 saturated heterocycles. The molecular weight excluding hydrogens is 278 g/mol. The Hall–Kier alpha value is -2.22. The summed E-state index contributed by atoms with van der Waals surface area (Å²) in [5, 5.41) is 8.94. The van der Waals surface area contributed by atoms with E-state index in [9.17, 15) is 0 Å². The summed E-state index contributed by atoms with van der Waals surface area (Å²) in [5.74, 6) is 3.01. The third-order valence-corrected chi connectivity index (χ3v) is 4.24. The van der Waals surface area contributed by atoms with E-state index in [0.29, 0.717) is 32.1 Å². The van der Waals surface area contributed by atoms with Gasteiger partial charge in [0, 0.05) is 24.6 Å². The molecule has 22 heavy (non-hydrogen) atoms. The Bertz CT molecular complexity index is 711. The largest absolute Gasteiger partial charge is 0.486 e. The van der Waals surface area contributed by atoms with Gasteiger partial charge >= 0.3 is 0 Å². The monoisotopic (exact) mass is 299 g/mol. The Morgan fingerprint density at radius 2 is 1.91 bits per heavy atom. The van der Waals surface area contributed by atoms with Crippen LogP contribution in [0.25, 0.3) is 11.0 Å². The highest BCUT2D eigenvalue weighted by Gasteiger charge is 2.21. The van der Waals surface area contributed by atoms with Crippen LogP contribution in [0.2, 0.25) is 0 Å². The van der Waals surface area contributed by atoms with Crippen LogP contribution in [0.3, 0.4) is 0 Å². The Morgan fingerprint density at radius 3 is 2.55 bits per heavy atom. The van der Waals surface area contributed by atoms with E-state index in [0.717, 1.165) is 41.2 Å². The number of benzene rings is 1. The molecule has 0 amide bonds. The maximum absolute atomic E-state index is 8.94. The lowest BCUT2D eigenvalue weighted by Gasteiger charge is -2.18. The zero-order chi connectivity index (χ0) is 15.5. The van der Waals surface area contributed by atoms with Crippen molar-refractivity contribution < 1.29 is 9.47 Å². The minimum absolute atomic E-state index is 0.407. The van der Waals surface area contributed by atoms with Gasteiger partial charge in [-0.15, -0.1) is 0 Å². The molecule has 116 valence electrons. The molecule has 0 unspecified atom stereocenters. The molecule has 5 nitrogen and oxygen atoms in total. The quantitative estimate of drug-likeness (QED) is 0.846. The molecule has 0 fully saturated rings. The van der Waals surface area contributed by atoms with Crippen LogP contribution < -0.4 is 9.47 Å². The fourth-order valence-corrected chi connectivity index (χ4v) is 3.04. The maximum atomic E-state index is 8.94. The zero-order valence-corrected chi connectivity index (χ0v) is 13.1. The molecule has 1 aromatic heterocycles. The van der Waals surface area contributed by atoms with E-state index in [2.05, 4.69) is 24.5 Å². The number of fused-ring (bicyclic) bond motifs is 2. The summed E-state index contributed by atoms with van der Waals surface area (Å²) in [5.41, 5.74) is 1.95. The summed E-state index contributed by atoms with van der Waals surface area (Å²) in [6, 6.07) is 6.19. The summed E-state index contributed by atoms with van der Waals surface area (Å²) in [4.78, 5) is 4.83. The molecule has 1 aliphatic rings. The summed E-state index contributed by atoms with van der Waals surface area (Å²) >= 11 is 0. The van der Waals surface area contributed by atoms with E-state index < -0.39 is 0 Å². The number of ether oxygens (including phenoxy) is 2. The van der Waals surface area contributed by atoms with E-state index in [1.165, 1.54) is 0 Å². The second-order valence-electron chi connectivity index (χ2n) is 5.53. The van der Waals surface area contributed by atoms with Crippen molar-refractivity contribution in [1.82, 2.24) is 9.55 Å². The first-order valence-corrected chi connectivity index (χ1v) is 7.95. The minimum Gasteiger partial charge on any atom is -0.486 e. The van der Waals surface area contributed by atoms with E-state index in [1.54, 1.807) is 0 Å². The van der Waals surface area contributed by atoms with E-state index >= 15 is 0 Å². The van der Waals surface area contributed by atoms with Gasteiger partial charge in [0.2, 0.25) is 0 Å². The van der Waals surface area contributed by atoms with Crippen molar-refractivity contribution >= 4 is 11.0 Å². The lowest BCUT2D eigenvalue weighted by molar-refractivity contribution is 0.172. The molecule has 0 atom stereocenters. The number of rotatable bonds is 5. The van der Waals surface area contributed by atoms with Gasteiger partial charge in [-0.1, -0.05) is 13.8 Å². The van der Waals surface area contributed by atoms with E-state index in [-0.39, 0.29) is 0 Å².